The lowest BCUT2D eigenvalue weighted by molar-refractivity contribution is 0.0971. The number of phenolic OH excluding ortho intramolecular Hbond substituents is 2. The van der Waals surface area contributed by atoms with Gasteiger partial charge in [-0.2, -0.15) is 0 Å². The maximum absolute atomic E-state index is 13.3. The fraction of sp³-hybridized carbons (Fsp3) is 0.238. The van der Waals surface area contributed by atoms with Gasteiger partial charge < -0.3 is 20.9 Å². The molecule has 1 saturated heterocycles. The number of carbonyl (C=O) groups excluding carboxylic acids is 2. The van der Waals surface area contributed by atoms with Crippen LogP contribution in [0.3, 0.4) is 0 Å². The average Bonchev–Trinajstić information content (AvgIpc) is 3.29. The zero-order valence-corrected chi connectivity index (χ0v) is 15.0. The number of nitrogens with zero attached hydrogens (tertiary/aromatic N) is 1. The molecule has 2 aliphatic rings. The average molecular weight is 377 g/mol. The lowest BCUT2D eigenvalue weighted by atomic mass is 9.83. The molecule has 3 aromatic rings. The summed E-state index contributed by atoms with van der Waals surface area (Å²) >= 11 is 0. The van der Waals surface area contributed by atoms with Crippen LogP contribution in [-0.2, 0) is 6.54 Å². The van der Waals surface area contributed by atoms with E-state index >= 15 is 0 Å². The Morgan fingerprint density at radius 3 is 2.29 bits per heavy atom. The quantitative estimate of drug-likeness (QED) is 0.396. The highest BCUT2D eigenvalue weighted by Gasteiger charge is 2.39. The number of aromatic hydroxyl groups is 2. The Labute approximate surface area is 160 Å². The molecule has 1 aliphatic heterocycles. The first-order chi connectivity index (χ1) is 13.5. The van der Waals surface area contributed by atoms with E-state index in [4.69, 9.17) is 5.73 Å². The standard InChI is InChI=1S/C21H19N3O4/c22-11-5-6-24(9-11)8-10-7-23-17-14(10)20(27)15-16(21(17)28)19(26)13-4-2-1-3-12(13)18(15)25/h1-4,7,11,23,25-26H,5-6,8-9,22H2/t11-/m1/s1. The topological polar surface area (TPSA) is 120 Å². The molecule has 7 nitrogen and oxygen atoms in total. The second kappa shape index (κ2) is 5.92. The Kier molecular flexibility index (Phi) is 3.59. The van der Waals surface area contributed by atoms with Gasteiger partial charge in [0.25, 0.3) is 0 Å². The van der Waals surface area contributed by atoms with Crippen LogP contribution in [0.2, 0.25) is 0 Å². The van der Waals surface area contributed by atoms with Crippen LogP contribution in [0.4, 0.5) is 0 Å². The minimum absolute atomic E-state index is 0.111. The van der Waals surface area contributed by atoms with Crippen molar-refractivity contribution < 1.29 is 19.8 Å². The number of ketones is 2. The molecule has 1 aliphatic carbocycles. The van der Waals surface area contributed by atoms with Gasteiger partial charge in [0.2, 0.25) is 5.78 Å². The molecule has 5 rings (SSSR count). The maximum atomic E-state index is 13.3. The number of aromatic amines is 1. The smallest absolute Gasteiger partial charge is 0.214 e. The van der Waals surface area contributed by atoms with Crippen molar-refractivity contribution in [3.63, 3.8) is 0 Å². The number of H-pyrrole nitrogens is 1. The molecule has 7 heteroatoms. The van der Waals surface area contributed by atoms with Crippen molar-refractivity contribution in [1.29, 1.82) is 0 Å². The number of likely N-dealkylation sites (tertiary alicyclic amines) is 1. The first-order valence-corrected chi connectivity index (χ1v) is 9.21. The van der Waals surface area contributed by atoms with E-state index < -0.39 is 11.6 Å². The minimum Gasteiger partial charge on any atom is -0.506 e. The number of fused-ring (bicyclic) bond motifs is 3. The van der Waals surface area contributed by atoms with E-state index in [2.05, 4.69) is 9.88 Å². The van der Waals surface area contributed by atoms with Crippen LogP contribution in [-0.4, -0.2) is 50.8 Å². The van der Waals surface area contributed by atoms with Crippen molar-refractivity contribution >= 4 is 22.3 Å². The van der Waals surface area contributed by atoms with Gasteiger partial charge >= 0.3 is 0 Å². The summed E-state index contributed by atoms with van der Waals surface area (Å²) in [6, 6.07) is 6.73. The van der Waals surface area contributed by atoms with Gasteiger partial charge in [0.1, 0.15) is 11.5 Å². The summed E-state index contributed by atoms with van der Waals surface area (Å²) in [4.78, 5) is 31.4. The number of benzene rings is 2. The van der Waals surface area contributed by atoms with Crippen molar-refractivity contribution in [2.24, 2.45) is 5.73 Å². The van der Waals surface area contributed by atoms with Crippen molar-refractivity contribution in [3.8, 4) is 11.5 Å². The molecule has 0 radical (unpaired) electrons. The lowest BCUT2D eigenvalue weighted by Crippen LogP contribution is -2.27. The van der Waals surface area contributed by atoms with Gasteiger partial charge in [0, 0.05) is 42.6 Å². The molecule has 1 fully saturated rings. The predicted molar refractivity (Wildman–Crippen MR) is 103 cm³/mol. The monoisotopic (exact) mass is 377 g/mol. The second-order valence-electron chi connectivity index (χ2n) is 7.50. The summed E-state index contributed by atoms with van der Waals surface area (Å²) in [6.07, 6.45) is 2.55. The summed E-state index contributed by atoms with van der Waals surface area (Å²) in [5, 5.41) is 22.1. The van der Waals surface area contributed by atoms with Gasteiger partial charge in [-0.05, 0) is 12.0 Å². The lowest BCUT2D eigenvalue weighted by Gasteiger charge is -2.21. The zero-order chi connectivity index (χ0) is 19.6. The van der Waals surface area contributed by atoms with Crippen molar-refractivity contribution in [2.75, 3.05) is 13.1 Å². The van der Waals surface area contributed by atoms with Gasteiger partial charge in [-0.25, -0.2) is 0 Å². The molecule has 0 amide bonds. The van der Waals surface area contributed by atoms with Crippen LogP contribution >= 0.6 is 0 Å². The van der Waals surface area contributed by atoms with E-state index in [0.29, 0.717) is 22.9 Å². The number of rotatable bonds is 2. The van der Waals surface area contributed by atoms with Crippen LogP contribution < -0.4 is 5.73 Å². The van der Waals surface area contributed by atoms with Crippen LogP contribution in [0.1, 0.15) is 44.0 Å². The van der Waals surface area contributed by atoms with Crippen molar-refractivity contribution in [3.05, 3.63) is 58.4 Å². The summed E-state index contributed by atoms with van der Waals surface area (Å²) in [6.45, 7) is 2.06. The second-order valence-corrected chi connectivity index (χ2v) is 7.50. The number of aromatic nitrogens is 1. The van der Waals surface area contributed by atoms with Gasteiger partial charge in [0.15, 0.2) is 5.78 Å². The van der Waals surface area contributed by atoms with E-state index in [1.165, 1.54) is 0 Å². The molecule has 1 atom stereocenters. The first-order valence-electron chi connectivity index (χ1n) is 9.21. The fourth-order valence-corrected chi connectivity index (χ4v) is 4.37. The number of phenols is 2. The maximum Gasteiger partial charge on any atom is 0.214 e. The van der Waals surface area contributed by atoms with E-state index in [9.17, 15) is 19.8 Å². The van der Waals surface area contributed by atoms with Gasteiger partial charge in [0.05, 0.1) is 22.4 Å². The fourth-order valence-electron chi connectivity index (χ4n) is 4.37. The van der Waals surface area contributed by atoms with Crippen molar-refractivity contribution in [1.82, 2.24) is 9.88 Å². The molecule has 28 heavy (non-hydrogen) atoms. The molecular weight excluding hydrogens is 358 g/mol. The van der Waals surface area contributed by atoms with Gasteiger partial charge in [-0.15, -0.1) is 0 Å². The highest BCUT2D eigenvalue weighted by molar-refractivity contribution is 6.32. The SMILES string of the molecule is N[C@@H]1CCN(Cc2c[nH]c3c2C(=O)c2c(c(O)c4ccccc4c2O)C3=O)C1. The largest absolute Gasteiger partial charge is 0.506 e. The Morgan fingerprint density at radius 2 is 1.68 bits per heavy atom. The predicted octanol–water partition coefficient (Wildman–Crippen LogP) is 1.89. The Bertz CT molecular complexity index is 1160. The third-order valence-electron chi connectivity index (χ3n) is 5.73. The molecular formula is C21H19N3O4. The molecule has 2 aromatic carbocycles. The van der Waals surface area contributed by atoms with Crippen LogP contribution in [0.15, 0.2) is 30.5 Å². The normalized spacial score (nSPS) is 19.2. The number of hydrogen-bond acceptors (Lipinski definition) is 6. The number of nitrogens with one attached hydrogen (secondary N) is 1. The van der Waals surface area contributed by atoms with Crippen LogP contribution in [0.25, 0.3) is 10.8 Å². The highest BCUT2D eigenvalue weighted by Crippen LogP contribution is 2.44. The number of nitrogens with two attached hydrogens (primary N) is 1. The third-order valence-corrected chi connectivity index (χ3v) is 5.73. The molecule has 142 valence electrons. The highest BCUT2D eigenvalue weighted by atomic mass is 16.3. The molecule has 1 aromatic heterocycles. The van der Waals surface area contributed by atoms with Gasteiger partial charge in [-0.3, -0.25) is 14.5 Å². The first kappa shape index (κ1) is 17.0. The van der Waals surface area contributed by atoms with Crippen LogP contribution in [0.5, 0.6) is 11.5 Å². The van der Waals surface area contributed by atoms with E-state index in [1.807, 2.05) is 0 Å². The zero-order valence-electron chi connectivity index (χ0n) is 15.0. The molecule has 2 heterocycles. The number of hydrogen-bond donors (Lipinski definition) is 4. The molecule has 0 saturated carbocycles. The summed E-state index contributed by atoms with van der Waals surface area (Å²) in [5.74, 6) is -1.51. The Hall–Kier alpha value is -3.16. The Balaban J connectivity index is 1.67. The summed E-state index contributed by atoms with van der Waals surface area (Å²) in [7, 11) is 0. The van der Waals surface area contributed by atoms with Crippen molar-refractivity contribution in [2.45, 2.75) is 19.0 Å². The summed E-state index contributed by atoms with van der Waals surface area (Å²) < 4.78 is 0. The van der Waals surface area contributed by atoms with E-state index in [-0.39, 0.29) is 39.9 Å². The summed E-state index contributed by atoms with van der Waals surface area (Å²) in [5.41, 5.74) is 6.80. The molecule has 0 unspecified atom stereocenters. The molecule has 5 N–H and O–H groups in total. The van der Waals surface area contributed by atoms with Gasteiger partial charge in [-0.1, -0.05) is 24.3 Å². The third kappa shape index (κ3) is 2.23. The van der Waals surface area contributed by atoms with Crippen LogP contribution in [0, 0.1) is 0 Å². The molecule has 0 bridgehead atoms. The minimum atomic E-state index is -0.493. The van der Waals surface area contributed by atoms with E-state index in [0.717, 1.165) is 19.5 Å². The van der Waals surface area contributed by atoms with E-state index in [1.54, 1.807) is 30.5 Å². The number of carbonyl (C=O) groups is 2. The molecule has 0 spiro atoms. The Morgan fingerprint density at radius 1 is 1.04 bits per heavy atom.